The van der Waals surface area contributed by atoms with Gasteiger partial charge in [0.1, 0.15) is 11.6 Å². The van der Waals surface area contributed by atoms with Crippen molar-refractivity contribution in [3.05, 3.63) is 51.8 Å². The summed E-state index contributed by atoms with van der Waals surface area (Å²) in [6.45, 7) is 3.83. The molecule has 0 aliphatic carbocycles. The third kappa shape index (κ3) is 4.81. The first-order valence-corrected chi connectivity index (χ1v) is 10.4. The molecule has 0 spiro atoms. The number of nitrogens with one attached hydrogen (secondary N) is 1. The number of hydrogen-bond acceptors (Lipinski definition) is 7. The van der Waals surface area contributed by atoms with E-state index < -0.39 is 0 Å². The van der Waals surface area contributed by atoms with Gasteiger partial charge in [-0.1, -0.05) is 37.3 Å². The summed E-state index contributed by atoms with van der Waals surface area (Å²) in [6.07, 6.45) is 2.01. The molecule has 0 atom stereocenters. The van der Waals surface area contributed by atoms with Crippen molar-refractivity contribution in [2.45, 2.75) is 31.2 Å². The van der Waals surface area contributed by atoms with Gasteiger partial charge in [0.25, 0.3) is 5.56 Å². The Morgan fingerprint density at radius 2 is 1.93 bits per heavy atom. The largest absolute Gasteiger partial charge is 0.299 e. The second kappa shape index (κ2) is 8.45. The van der Waals surface area contributed by atoms with Crippen LogP contribution in [0.25, 0.3) is 11.3 Å². The standard InChI is InChI=1S/C18H19N5O2S2/c1-11(2)17-20-21-18(27-17)19-15(24)10-23-16(25)9-8-14(22-23)12-4-6-13(26-3)7-5-12/h4-9,11H,10H2,1-3H3,(H,19,21,24). The maximum atomic E-state index is 12.3. The van der Waals surface area contributed by atoms with Crippen LogP contribution in [0.4, 0.5) is 5.13 Å². The summed E-state index contributed by atoms with van der Waals surface area (Å²) in [7, 11) is 0. The van der Waals surface area contributed by atoms with Gasteiger partial charge in [0.2, 0.25) is 11.0 Å². The summed E-state index contributed by atoms with van der Waals surface area (Å²) < 4.78 is 1.15. The van der Waals surface area contributed by atoms with Gasteiger partial charge < -0.3 is 0 Å². The summed E-state index contributed by atoms with van der Waals surface area (Å²) in [5, 5.41) is 16.2. The lowest BCUT2D eigenvalue weighted by atomic mass is 10.1. The van der Waals surface area contributed by atoms with Gasteiger partial charge in [-0.2, -0.15) is 5.10 Å². The number of hydrogen-bond donors (Lipinski definition) is 1. The topological polar surface area (TPSA) is 89.8 Å². The van der Waals surface area contributed by atoms with Crippen molar-refractivity contribution in [3.63, 3.8) is 0 Å². The molecule has 1 aromatic carbocycles. The van der Waals surface area contributed by atoms with Gasteiger partial charge in [-0.05, 0) is 24.5 Å². The van der Waals surface area contributed by atoms with Gasteiger partial charge >= 0.3 is 0 Å². The Hall–Kier alpha value is -2.52. The van der Waals surface area contributed by atoms with Crippen LogP contribution in [0.1, 0.15) is 24.8 Å². The first-order chi connectivity index (χ1) is 13.0. The first-order valence-electron chi connectivity index (χ1n) is 8.32. The average Bonchev–Trinajstić information content (AvgIpc) is 3.12. The minimum atomic E-state index is -0.370. The van der Waals surface area contributed by atoms with Gasteiger partial charge in [0.05, 0.1) is 5.69 Å². The van der Waals surface area contributed by atoms with Crippen molar-refractivity contribution >= 4 is 34.1 Å². The van der Waals surface area contributed by atoms with E-state index in [1.807, 2.05) is 44.4 Å². The van der Waals surface area contributed by atoms with Gasteiger partial charge in [-0.25, -0.2) is 4.68 Å². The molecule has 0 aliphatic rings. The minimum absolute atomic E-state index is 0.188. The lowest BCUT2D eigenvalue weighted by Gasteiger charge is -2.07. The van der Waals surface area contributed by atoms with Crippen molar-refractivity contribution in [1.82, 2.24) is 20.0 Å². The van der Waals surface area contributed by atoms with E-state index in [0.29, 0.717) is 10.8 Å². The Morgan fingerprint density at radius 3 is 2.56 bits per heavy atom. The van der Waals surface area contributed by atoms with Crippen LogP contribution in [0.15, 0.2) is 46.1 Å². The molecule has 27 heavy (non-hydrogen) atoms. The molecule has 0 saturated carbocycles. The number of thioether (sulfide) groups is 1. The normalized spacial score (nSPS) is 11.0. The van der Waals surface area contributed by atoms with E-state index in [0.717, 1.165) is 20.1 Å². The number of aromatic nitrogens is 4. The lowest BCUT2D eigenvalue weighted by molar-refractivity contribution is -0.117. The third-order valence-corrected chi connectivity index (χ3v) is 5.61. The number of anilines is 1. The van der Waals surface area contributed by atoms with Crippen LogP contribution in [0, 0.1) is 0 Å². The molecule has 9 heteroatoms. The van der Waals surface area contributed by atoms with Crippen molar-refractivity contribution in [3.8, 4) is 11.3 Å². The summed E-state index contributed by atoms with van der Waals surface area (Å²) in [5.74, 6) is -0.127. The van der Waals surface area contributed by atoms with E-state index >= 15 is 0 Å². The second-order valence-electron chi connectivity index (χ2n) is 6.09. The number of rotatable bonds is 6. The molecule has 0 aliphatic heterocycles. The Balaban J connectivity index is 1.75. The molecule has 3 rings (SSSR count). The Kier molecular flexibility index (Phi) is 6.02. The number of amides is 1. The number of nitrogens with zero attached hydrogens (tertiary/aromatic N) is 4. The predicted molar refractivity (Wildman–Crippen MR) is 108 cm³/mol. The first kappa shape index (κ1) is 19.2. The fraction of sp³-hybridized carbons (Fsp3) is 0.278. The van der Waals surface area contributed by atoms with Crippen LogP contribution < -0.4 is 10.9 Å². The van der Waals surface area contributed by atoms with Gasteiger partial charge in [-0.3, -0.25) is 14.9 Å². The Bertz CT molecular complexity index is 995. The fourth-order valence-corrected chi connectivity index (χ4v) is 3.46. The predicted octanol–water partition coefficient (Wildman–Crippen LogP) is 3.25. The summed E-state index contributed by atoms with van der Waals surface area (Å²) in [6, 6.07) is 10.9. The maximum absolute atomic E-state index is 12.3. The van der Waals surface area contributed by atoms with Crippen molar-refractivity contribution in [2.75, 3.05) is 11.6 Å². The van der Waals surface area contributed by atoms with Gasteiger partial charge in [0.15, 0.2) is 0 Å². The van der Waals surface area contributed by atoms with E-state index in [-0.39, 0.29) is 23.9 Å². The zero-order valence-electron chi connectivity index (χ0n) is 15.2. The highest BCUT2D eigenvalue weighted by Crippen LogP contribution is 2.22. The van der Waals surface area contributed by atoms with E-state index in [1.54, 1.807) is 17.8 Å². The molecule has 2 aromatic heterocycles. The second-order valence-corrected chi connectivity index (χ2v) is 7.98. The highest BCUT2D eigenvalue weighted by Gasteiger charge is 2.12. The molecule has 1 amide bonds. The van der Waals surface area contributed by atoms with Crippen molar-refractivity contribution < 1.29 is 4.79 Å². The summed E-state index contributed by atoms with van der Waals surface area (Å²) >= 11 is 2.98. The summed E-state index contributed by atoms with van der Waals surface area (Å²) in [5.41, 5.74) is 1.18. The molecule has 0 unspecified atom stereocenters. The van der Waals surface area contributed by atoms with Gasteiger partial charge in [-0.15, -0.1) is 22.0 Å². The highest BCUT2D eigenvalue weighted by atomic mass is 32.2. The molecule has 7 nitrogen and oxygen atoms in total. The molecule has 3 aromatic rings. The summed E-state index contributed by atoms with van der Waals surface area (Å²) in [4.78, 5) is 25.5. The molecule has 140 valence electrons. The maximum Gasteiger partial charge on any atom is 0.267 e. The van der Waals surface area contributed by atoms with E-state index in [9.17, 15) is 9.59 Å². The van der Waals surface area contributed by atoms with Crippen LogP contribution in [0.5, 0.6) is 0 Å². The molecule has 0 bridgehead atoms. The zero-order chi connectivity index (χ0) is 19.4. The lowest BCUT2D eigenvalue weighted by Crippen LogP contribution is -2.29. The van der Waals surface area contributed by atoms with E-state index in [4.69, 9.17) is 0 Å². The average molecular weight is 402 g/mol. The van der Waals surface area contributed by atoms with E-state index in [1.165, 1.54) is 17.4 Å². The number of benzene rings is 1. The Morgan fingerprint density at radius 1 is 1.19 bits per heavy atom. The molecule has 0 saturated heterocycles. The zero-order valence-corrected chi connectivity index (χ0v) is 16.8. The highest BCUT2D eigenvalue weighted by molar-refractivity contribution is 7.98. The van der Waals surface area contributed by atoms with Crippen molar-refractivity contribution in [1.29, 1.82) is 0 Å². The number of carbonyl (C=O) groups is 1. The molecule has 2 heterocycles. The van der Waals surface area contributed by atoms with E-state index in [2.05, 4.69) is 20.6 Å². The SMILES string of the molecule is CSc1ccc(-c2ccc(=O)n(CC(=O)Nc3nnc(C(C)C)s3)n2)cc1. The minimum Gasteiger partial charge on any atom is -0.299 e. The molecular weight excluding hydrogens is 382 g/mol. The quantitative estimate of drug-likeness (QED) is 0.638. The molecule has 0 radical (unpaired) electrons. The Labute approximate surface area is 164 Å². The molecule has 1 N–H and O–H groups in total. The van der Waals surface area contributed by atoms with Crippen LogP contribution in [0.3, 0.4) is 0 Å². The van der Waals surface area contributed by atoms with Crippen LogP contribution >= 0.6 is 23.1 Å². The smallest absolute Gasteiger partial charge is 0.267 e. The number of carbonyl (C=O) groups excluding carboxylic acids is 1. The third-order valence-electron chi connectivity index (χ3n) is 3.73. The molecular formula is C18H19N5O2S2. The van der Waals surface area contributed by atoms with Crippen molar-refractivity contribution in [2.24, 2.45) is 0 Å². The fourth-order valence-electron chi connectivity index (χ4n) is 2.29. The monoisotopic (exact) mass is 401 g/mol. The van der Waals surface area contributed by atoms with Crippen LogP contribution in [-0.2, 0) is 11.3 Å². The van der Waals surface area contributed by atoms with Gasteiger partial charge in [0, 0.05) is 22.4 Å². The molecule has 0 fully saturated rings. The van der Waals surface area contributed by atoms with Crippen LogP contribution in [0.2, 0.25) is 0 Å². The van der Waals surface area contributed by atoms with Crippen LogP contribution in [-0.4, -0.2) is 32.1 Å².